The summed E-state index contributed by atoms with van der Waals surface area (Å²) in [5.41, 5.74) is 1.31. The highest BCUT2D eigenvalue weighted by atomic mass is 19.3. The van der Waals surface area contributed by atoms with E-state index in [2.05, 4.69) is 25.6 Å². The largest absolute Gasteiger partial charge is 0.337 e. The van der Waals surface area contributed by atoms with Crippen LogP contribution < -0.4 is 10.2 Å². The molecule has 3 aromatic rings. The molecule has 0 saturated heterocycles. The van der Waals surface area contributed by atoms with Gasteiger partial charge in [0.15, 0.2) is 0 Å². The molecule has 9 nitrogen and oxygen atoms in total. The number of H-pyrrole nitrogens is 1. The Morgan fingerprint density at radius 1 is 1.31 bits per heavy atom. The summed E-state index contributed by atoms with van der Waals surface area (Å²) in [6.45, 7) is 0.307. The molecule has 2 N–H and O–H groups in total. The molecule has 166 valence electrons. The zero-order valence-corrected chi connectivity index (χ0v) is 17.3. The van der Waals surface area contributed by atoms with Gasteiger partial charge in [-0.15, -0.1) is 5.10 Å². The molecule has 32 heavy (non-hydrogen) atoms. The second-order valence-electron chi connectivity index (χ2n) is 8.15. The number of benzene rings is 1. The van der Waals surface area contributed by atoms with Gasteiger partial charge in [0, 0.05) is 32.5 Å². The van der Waals surface area contributed by atoms with Crippen LogP contribution in [0.2, 0.25) is 0 Å². The van der Waals surface area contributed by atoms with Gasteiger partial charge >= 0.3 is 0 Å². The van der Waals surface area contributed by atoms with Crippen LogP contribution in [0.5, 0.6) is 0 Å². The van der Waals surface area contributed by atoms with Gasteiger partial charge in [-0.1, -0.05) is 30.3 Å². The Balaban J connectivity index is 1.25. The summed E-state index contributed by atoms with van der Waals surface area (Å²) in [4.78, 5) is 31.1. The lowest BCUT2D eigenvalue weighted by Gasteiger charge is -2.19. The van der Waals surface area contributed by atoms with Crippen molar-refractivity contribution in [1.29, 1.82) is 0 Å². The summed E-state index contributed by atoms with van der Waals surface area (Å²) in [6, 6.07) is 10.4. The van der Waals surface area contributed by atoms with Gasteiger partial charge < -0.3 is 5.32 Å². The van der Waals surface area contributed by atoms with Gasteiger partial charge in [0.2, 0.25) is 5.82 Å². The van der Waals surface area contributed by atoms with Gasteiger partial charge in [0.05, 0.1) is 11.6 Å². The third kappa shape index (κ3) is 3.74. The smallest absolute Gasteiger partial charge is 0.291 e. The summed E-state index contributed by atoms with van der Waals surface area (Å²) in [7, 11) is 1.54. The molecule has 2 aromatic heterocycles. The van der Waals surface area contributed by atoms with E-state index in [1.165, 1.54) is 11.0 Å². The average Bonchev–Trinajstić information content (AvgIpc) is 3.12. The van der Waals surface area contributed by atoms with Crippen molar-refractivity contribution in [1.82, 2.24) is 30.3 Å². The first-order valence-corrected chi connectivity index (χ1v) is 10.3. The minimum atomic E-state index is -2.73. The molecule has 0 radical (unpaired) electrons. The van der Waals surface area contributed by atoms with E-state index >= 15 is 0 Å². The Kier molecular flexibility index (Phi) is 4.75. The third-order valence-electron chi connectivity index (χ3n) is 5.82. The normalized spacial score (nSPS) is 21.7. The summed E-state index contributed by atoms with van der Waals surface area (Å²) in [5, 5.41) is 13.7. The number of likely N-dealkylation sites (N-methyl/N-ethyl adjacent to an activating group) is 1. The highest BCUT2D eigenvalue weighted by Crippen LogP contribution is 2.55. The molecular formula is C21H21F2N7O2. The fourth-order valence-corrected chi connectivity index (χ4v) is 3.91. The number of aromatic nitrogens is 5. The molecule has 5 rings (SSSR count). The number of fused-ring (bicyclic) bond motifs is 1. The van der Waals surface area contributed by atoms with Crippen molar-refractivity contribution in [3.8, 4) is 0 Å². The van der Waals surface area contributed by atoms with E-state index in [0.29, 0.717) is 30.3 Å². The molecule has 1 aromatic carbocycles. The number of nitrogens with one attached hydrogen (secondary N) is 2. The summed E-state index contributed by atoms with van der Waals surface area (Å²) in [6.07, 6.45) is 0.545. The zero-order valence-electron chi connectivity index (χ0n) is 17.3. The number of aryl methyl sites for hydroxylation is 1. The lowest BCUT2D eigenvalue weighted by atomic mass is 10.1. The topological polar surface area (TPSA) is 109 Å². The summed E-state index contributed by atoms with van der Waals surface area (Å²) >= 11 is 0. The van der Waals surface area contributed by atoms with E-state index in [1.54, 1.807) is 11.7 Å². The van der Waals surface area contributed by atoms with Gasteiger partial charge in [-0.2, -0.15) is 5.10 Å². The molecule has 2 aliphatic rings. The molecule has 11 heteroatoms. The van der Waals surface area contributed by atoms with Gasteiger partial charge in [-0.25, -0.2) is 18.4 Å². The van der Waals surface area contributed by atoms with E-state index in [-0.39, 0.29) is 24.6 Å². The van der Waals surface area contributed by atoms with Crippen LogP contribution in [-0.4, -0.2) is 55.8 Å². The molecule has 2 unspecified atom stereocenters. The summed E-state index contributed by atoms with van der Waals surface area (Å²) < 4.78 is 28.3. The second kappa shape index (κ2) is 7.50. The maximum absolute atomic E-state index is 13.4. The first-order valence-electron chi connectivity index (χ1n) is 10.3. The minimum absolute atomic E-state index is 0.0494. The highest BCUT2D eigenvalue weighted by Gasteiger charge is 2.59. The molecular weight excluding hydrogens is 420 g/mol. The first kappa shape index (κ1) is 20.3. The molecule has 1 aliphatic heterocycles. The molecule has 2 atom stereocenters. The van der Waals surface area contributed by atoms with Crippen molar-refractivity contribution < 1.29 is 18.4 Å². The molecule has 1 fully saturated rings. The van der Waals surface area contributed by atoms with E-state index in [4.69, 9.17) is 0 Å². The molecule has 1 aliphatic carbocycles. The standard InChI is InChI=1S/C21H21F2N7O2/c1-29-17-10-15(13-11-21(13,22)23)28-30(17)8-7-14(20(29)32)24-19(31)18-25-16(26-27-18)9-12-5-3-2-4-6-12/h2-6,10,13-14H,7-9,11H2,1H3,(H,24,31)(H,25,26,27). The molecule has 3 heterocycles. The van der Waals surface area contributed by atoms with E-state index < -0.39 is 23.8 Å². The van der Waals surface area contributed by atoms with Crippen molar-refractivity contribution in [2.75, 3.05) is 11.9 Å². The van der Waals surface area contributed by atoms with Gasteiger partial charge in [0.25, 0.3) is 17.7 Å². The van der Waals surface area contributed by atoms with Crippen LogP contribution in [0.4, 0.5) is 14.6 Å². The van der Waals surface area contributed by atoms with E-state index in [1.807, 2.05) is 30.3 Å². The van der Waals surface area contributed by atoms with Crippen molar-refractivity contribution in [3.63, 3.8) is 0 Å². The maximum atomic E-state index is 13.4. The SMILES string of the molecule is CN1C(=O)C(NC(=O)c2n[nH]c(Cc3ccccc3)n2)CCn2nc(C3CC3(F)F)cc21. The fraction of sp³-hybridized carbons (Fsp3) is 0.381. The Hall–Kier alpha value is -3.63. The molecule has 1 saturated carbocycles. The van der Waals surface area contributed by atoms with Crippen LogP contribution in [-0.2, 0) is 17.8 Å². The van der Waals surface area contributed by atoms with Crippen LogP contribution in [0.25, 0.3) is 0 Å². The monoisotopic (exact) mass is 441 g/mol. The number of carbonyl (C=O) groups is 2. The number of amides is 2. The average molecular weight is 441 g/mol. The van der Waals surface area contributed by atoms with Gasteiger partial charge in [0.1, 0.15) is 17.7 Å². The van der Waals surface area contributed by atoms with Crippen LogP contribution in [0.1, 0.15) is 46.5 Å². The molecule has 0 spiro atoms. The van der Waals surface area contributed by atoms with Gasteiger partial charge in [-0.3, -0.25) is 19.6 Å². The predicted molar refractivity (Wildman–Crippen MR) is 109 cm³/mol. The predicted octanol–water partition coefficient (Wildman–Crippen LogP) is 1.88. The Labute approximate surface area is 181 Å². The van der Waals surface area contributed by atoms with Crippen molar-refractivity contribution >= 4 is 17.6 Å². The van der Waals surface area contributed by atoms with Crippen LogP contribution in [0, 0.1) is 0 Å². The Morgan fingerprint density at radius 2 is 2.06 bits per heavy atom. The number of hydrogen-bond acceptors (Lipinski definition) is 5. The lowest BCUT2D eigenvalue weighted by Crippen LogP contribution is -2.47. The zero-order chi connectivity index (χ0) is 22.5. The minimum Gasteiger partial charge on any atom is -0.337 e. The number of halogens is 2. The van der Waals surface area contributed by atoms with Gasteiger partial charge in [-0.05, 0) is 12.0 Å². The number of rotatable bonds is 5. The van der Waals surface area contributed by atoms with Crippen molar-refractivity contribution in [3.05, 3.63) is 59.3 Å². The maximum Gasteiger partial charge on any atom is 0.291 e. The van der Waals surface area contributed by atoms with E-state index in [9.17, 15) is 18.4 Å². The number of alkyl halides is 2. The first-order chi connectivity index (χ1) is 15.3. The fourth-order valence-electron chi connectivity index (χ4n) is 3.91. The number of aromatic amines is 1. The van der Waals surface area contributed by atoms with E-state index in [0.717, 1.165) is 5.56 Å². The number of carbonyl (C=O) groups excluding carboxylic acids is 2. The van der Waals surface area contributed by atoms with Crippen LogP contribution in [0.15, 0.2) is 36.4 Å². The van der Waals surface area contributed by atoms with Crippen molar-refractivity contribution in [2.24, 2.45) is 0 Å². The Morgan fingerprint density at radius 3 is 2.78 bits per heavy atom. The number of anilines is 1. The third-order valence-corrected chi connectivity index (χ3v) is 5.82. The lowest BCUT2D eigenvalue weighted by molar-refractivity contribution is -0.120. The molecule has 0 bridgehead atoms. The Bertz CT molecular complexity index is 1170. The van der Waals surface area contributed by atoms with Crippen LogP contribution >= 0.6 is 0 Å². The quantitative estimate of drug-likeness (QED) is 0.629. The highest BCUT2D eigenvalue weighted by molar-refractivity contribution is 6.00. The van der Waals surface area contributed by atoms with Crippen molar-refractivity contribution in [2.45, 2.75) is 43.7 Å². The molecule has 2 amide bonds. The summed E-state index contributed by atoms with van der Waals surface area (Å²) in [5.74, 6) is -3.61. The second-order valence-corrected chi connectivity index (χ2v) is 8.15. The number of hydrogen-bond donors (Lipinski definition) is 2. The van der Waals surface area contributed by atoms with Crippen LogP contribution in [0.3, 0.4) is 0 Å². The number of nitrogens with zero attached hydrogens (tertiary/aromatic N) is 5.